The molecule has 3 fully saturated rings. The molecule has 4 heterocycles. The number of benzene rings is 6. The first-order valence-corrected chi connectivity index (χ1v) is 24.9. The second-order valence-corrected chi connectivity index (χ2v) is 19.0. The summed E-state index contributed by atoms with van der Waals surface area (Å²) < 4.78 is 70.6. The van der Waals surface area contributed by atoms with Crippen molar-refractivity contribution in [1.82, 2.24) is 4.98 Å². The molecule has 10 rings (SSSR count). The molecule has 3 aliphatic heterocycles. The molecule has 17 nitrogen and oxygen atoms in total. The normalized spacial score (nSPS) is 24.8. The van der Waals surface area contributed by atoms with Crippen LogP contribution in [0.5, 0.6) is 0 Å². The molecule has 3 saturated heterocycles. The minimum atomic E-state index is -1.69. The summed E-state index contributed by atoms with van der Waals surface area (Å²) in [5.41, 5.74) is 0.585. The van der Waals surface area contributed by atoms with Gasteiger partial charge < -0.3 is 51.8 Å². The summed E-state index contributed by atoms with van der Waals surface area (Å²) in [7, 11) is 0. The van der Waals surface area contributed by atoms with Gasteiger partial charge in [-0.2, -0.15) is 0 Å². The Balaban J connectivity index is 1.08. The predicted molar refractivity (Wildman–Crippen MR) is 266 cm³/mol. The lowest BCUT2D eigenvalue weighted by molar-refractivity contribution is -0.325. The molecule has 0 saturated carbocycles. The molecule has 384 valence electrons. The lowest BCUT2D eigenvalue weighted by Crippen LogP contribution is -2.65. The van der Waals surface area contributed by atoms with Gasteiger partial charge in [0.1, 0.15) is 49.3 Å². The van der Waals surface area contributed by atoms with Gasteiger partial charge in [-0.25, -0.2) is 29.0 Å². The number of rotatable bonds is 16. The van der Waals surface area contributed by atoms with Gasteiger partial charge in [0.2, 0.25) is 0 Å². The minimum Gasteiger partial charge on any atom is -0.459 e. The quantitative estimate of drug-likeness (QED) is 0.0656. The zero-order valence-electron chi connectivity index (χ0n) is 40.3. The first-order valence-electron chi connectivity index (χ1n) is 24.0. The van der Waals surface area contributed by atoms with E-state index in [1.807, 2.05) is 0 Å². The van der Waals surface area contributed by atoms with Gasteiger partial charge in [0.05, 0.1) is 27.8 Å². The molecule has 0 N–H and O–H groups in total. The van der Waals surface area contributed by atoms with Crippen LogP contribution >= 0.6 is 11.8 Å². The second-order valence-electron chi connectivity index (χ2n) is 18.0. The van der Waals surface area contributed by atoms with Crippen molar-refractivity contribution in [3.63, 3.8) is 0 Å². The Bertz CT molecular complexity index is 3060. The molecule has 10 atom stereocenters. The highest BCUT2D eigenvalue weighted by Crippen LogP contribution is 2.43. The molecule has 75 heavy (non-hydrogen) atoms. The third-order valence-electron chi connectivity index (χ3n) is 12.3. The molecule has 3 aliphatic rings. The van der Waals surface area contributed by atoms with Crippen LogP contribution in [-0.2, 0) is 47.4 Å². The van der Waals surface area contributed by atoms with Gasteiger partial charge in [-0.05, 0) is 98.4 Å². The first-order chi connectivity index (χ1) is 36.5. The number of aromatic nitrogens is 1. The maximum Gasteiger partial charge on any atom is 0.338 e. The Labute approximate surface area is 434 Å². The Morgan fingerprint density at radius 2 is 0.907 bits per heavy atom. The van der Waals surface area contributed by atoms with E-state index in [1.54, 1.807) is 178 Å². The molecule has 0 bridgehead atoms. The largest absolute Gasteiger partial charge is 0.459 e. The van der Waals surface area contributed by atoms with Gasteiger partial charge in [0, 0.05) is 0 Å². The van der Waals surface area contributed by atoms with E-state index in [0.717, 1.165) is 11.8 Å². The predicted octanol–water partition coefficient (Wildman–Crippen LogP) is 8.67. The summed E-state index contributed by atoms with van der Waals surface area (Å²) in [5, 5.41) is 0.0953. The number of esters is 5. The topological polar surface area (TPSA) is 204 Å². The summed E-state index contributed by atoms with van der Waals surface area (Å²) in [5.74, 6) is -5.17. The van der Waals surface area contributed by atoms with Crippen LogP contribution in [0.3, 0.4) is 0 Å². The highest BCUT2D eigenvalue weighted by atomic mass is 32.2. The van der Waals surface area contributed by atoms with Crippen LogP contribution in [0.25, 0.3) is 11.1 Å². The number of oxazole rings is 1. The van der Waals surface area contributed by atoms with Crippen LogP contribution in [0.2, 0.25) is 0 Å². The lowest BCUT2D eigenvalue weighted by atomic mass is 9.96. The van der Waals surface area contributed by atoms with Crippen molar-refractivity contribution in [2.45, 2.75) is 85.4 Å². The highest BCUT2D eigenvalue weighted by molar-refractivity contribution is 7.99. The zero-order valence-corrected chi connectivity index (χ0v) is 41.1. The van der Waals surface area contributed by atoms with Crippen LogP contribution in [0, 0.1) is 0 Å². The van der Waals surface area contributed by atoms with E-state index >= 15 is 0 Å². The summed E-state index contributed by atoms with van der Waals surface area (Å²) in [6.07, 6.45) is -12.7. The van der Waals surface area contributed by atoms with Crippen molar-refractivity contribution < 1.29 is 75.8 Å². The van der Waals surface area contributed by atoms with Crippen LogP contribution < -0.4 is 0 Å². The second kappa shape index (κ2) is 22.8. The number of hydrogen-bond donors (Lipinski definition) is 0. The average molecular weight is 1040 g/mol. The summed E-state index contributed by atoms with van der Waals surface area (Å²) in [6.45, 7) is 2.37. The van der Waals surface area contributed by atoms with Crippen LogP contribution in [0.1, 0.15) is 65.6 Å². The van der Waals surface area contributed by atoms with Crippen molar-refractivity contribution in [2.75, 3.05) is 13.2 Å². The van der Waals surface area contributed by atoms with Gasteiger partial charge in [-0.15, -0.1) is 0 Å². The van der Waals surface area contributed by atoms with Crippen LogP contribution in [-0.4, -0.2) is 114 Å². The fourth-order valence-corrected chi connectivity index (χ4v) is 9.85. The molecule has 0 aliphatic carbocycles. The van der Waals surface area contributed by atoms with Gasteiger partial charge in [0.15, 0.2) is 41.4 Å². The van der Waals surface area contributed by atoms with E-state index in [2.05, 4.69) is 4.98 Å². The number of para-hydroxylation sites is 2. The fraction of sp³-hybridized carbons (Fsp3) is 0.263. The third kappa shape index (κ3) is 12.0. The van der Waals surface area contributed by atoms with Gasteiger partial charge in [-0.3, -0.25) is 0 Å². The molecule has 1 aromatic heterocycles. The number of thioether (sulfide) groups is 1. The third-order valence-corrected chi connectivity index (χ3v) is 13.3. The minimum absolute atomic E-state index is 0.0953. The first kappa shape index (κ1) is 50.8. The van der Waals surface area contributed by atoms with E-state index in [9.17, 15) is 24.0 Å². The zero-order chi connectivity index (χ0) is 51.9. The molecule has 7 aromatic rings. The number of fused-ring (bicyclic) bond motifs is 2. The van der Waals surface area contributed by atoms with E-state index in [-0.39, 0.29) is 33.0 Å². The molecule has 0 amide bonds. The average Bonchev–Trinajstić information content (AvgIpc) is 4.03. The highest BCUT2D eigenvalue weighted by Gasteiger charge is 2.60. The fourth-order valence-electron chi connectivity index (χ4n) is 8.82. The van der Waals surface area contributed by atoms with E-state index < -0.39 is 109 Å². The molecule has 6 aromatic carbocycles. The summed E-state index contributed by atoms with van der Waals surface area (Å²) >= 11 is 0.921. The van der Waals surface area contributed by atoms with E-state index in [1.165, 1.54) is 12.1 Å². The van der Waals surface area contributed by atoms with Crippen molar-refractivity contribution in [3.8, 4) is 0 Å². The monoisotopic (exact) mass is 1040 g/mol. The molecule has 0 spiro atoms. The Morgan fingerprint density at radius 3 is 1.41 bits per heavy atom. The summed E-state index contributed by atoms with van der Waals surface area (Å²) in [6, 6.07) is 48.0. The Kier molecular flexibility index (Phi) is 15.5. The SMILES string of the molecule is CC1(C)O[C@H]2[C@@H](O1)[C@@H](COC(=O)c1ccccc1)O[C@@H](O[C@H]1[C@H](OC(=O)c3ccccc3)[C@@H](OC(=O)c3ccccc3)[C@H](Sc3nc4ccccc4o3)O[C@@H]1COC(=O)c1ccccc1)[C@@H]2OC(=O)c1ccccc1. The summed E-state index contributed by atoms with van der Waals surface area (Å²) in [4.78, 5) is 74.9. The van der Waals surface area contributed by atoms with Gasteiger partial charge in [0.25, 0.3) is 5.22 Å². The number of carbonyl (C=O) groups is 5. The maximum atomic E-state index is 14.5. The van der Waals surface area contributed by atoms with Gasteiger partial charge in [-0.1, -0.05) is 103 Å². The number of carbonyl (C=O) groups excluding carboxylic acids is 5. The molecule has 0 unspecified atom stereocenters. The van der Waals surface area contributed by atoms with Crippen LogP contribution in [0.4, 0.5) is 0 Å². The van der Waals surface area contributed by atoms with Crippen LogP contribution in [0.15, 0.2) is 186 Å². The van der Waals surface area contributed by atoms with Crippen molar-refractivity contribution in [3.05, 3.63) is 204 Å². The molecular formula is C57H49NO16S. The molecule has 18 heteroatoms. The number of hydrogen-bond acceptors (Lipinski definition) is 18. The number of nitrogens with zero attached hydrogens (tertiary/aromatic N) is 1. The Hall–Kier alpha value is -7.71. The van der Waals surface area contributed by atoms with Crippen molar-refractivity contribution >= 4 is 52.7 Å². The van der Waals surface area contributed by atoms with E-state index in [0.29, 0.717) is 11.1 Å². The maximum absolute atomic E-state index is 14.5. The van der Waals surface area contributed by atoms with Crippen molar-refractivity contribution in [1.29, 1.82) is 0 Å². The van der Waals surface area contributed by atoms with Gasteiger partial charge >= 0.3 is 29.8 Å². The smallest absolute Gasteiger partial charge is 0.338 e. The standard InChI is InChI=1S/C57H49NO16S/c1-57(2)73-44-42(33-65-50(60)35-22-10-4-11-23-35)66-54(47(46(44)74-57)70-52(62)37-26-14-6-15-27-37)72-43-41(32-64-49(59)34-20-8-3-9-21-34)67-55(75-56-58-39-30-18-19-31-40(39)68-56)48(71-53(63)38-28-16-7-17-29-38)45(43)69-51(61)36-24-12-5-13-25-36/h3-31,41-48,54-55H,32-33H2,1-2H3/t41-,42-,43-,44+,45+,46+,47-,48-,54+,55+/m1/s1. The Morgan fingerprint density at radius 1 is 0.480 bits per heavy atom. The number of ether oxygens (including phenoxy) is 10. The van der Waals surface area contributed by atoms with E-state index in [4.69, 9.17) is 51.8 Å². The molecular weight excluding hydrogens is 987 g/mol. The molecule has 0 radical (unpaired) electrons. The van der Waals surface area contributed by atoms with Crippen molar-refractivity contribution in [2.24, 2.45) is 0 Å². The lowest BCUT2D eigenvalue weighted by Gasteiger charge is -2.47.